The van der Waals surface area contributed by atoms with E-state index in [2.05, 4.69) is 13.8 Å². The molecule has 2 rings (SSSR count). The van der Waals surface area contributed by atoms with E-state index in [0.717, 1.165) is 32.4 Å². The van der Waals surface area contributed by atoms with Crippen molar-refractivity contribution in [3.8, 4) is 0 Å². The lowest BCUT2D eigenvalue weighted by Crippen LogP contribution is -2.52. The van der Waals surface area contributed by atoms with Gasteiger partial charge in [0.25, 0.3) is 5.91 Å². The topological polar surface area (TPSA) is 55.6 Å². The molecule has 4 atom stereocenters. The van der Waals surface area contributed by atoms with Crippen LogP contribution in [0.5, 0.6) is 0 Å². The van der Waals surface area contributed by atoms with Gasteiger partial charge in [-0.15, -0.1) is 0 Å². The van der Waals surface area contributed by atoms with Gasteiger partial charge in [0.05, 0.1) is 0 Å². The van der Waals surface area contributed by atoms with Crippen molar-refractivity contribution in [2.75, 3.05) is 13.2 Å². The van der Waals surface area contributed by atoms with Crippen LogP contribution >= 0.6 is 0 Å². The zero-order valence-corrected chi connectivity index (χ0v) is 10.2. The second kappa shape index (κ2) is 4.72. The highest BCUT2D eigenvalue weighted by atomic mass is 16.5. The molecule has 0 bridgehead atoms. The molecule has 2 aliphatic rings. The second-order valence-electron chi connectivity index (χ2n) is 5.22. The van der Waals surface area contributed by atoms with Crippen molar-refractivity contribution < 1.29 is 9.53 Å². The molecule has 0 aromatic carbocycles. The molecule has 2 saturated heterocycles. The highest BCUT2D eigenvalue weighted by molar-refractivity contribution is 5.82. The van der Waals surface area contributed by atoms with Crippen LogP contribution in [0.2, 0.25) is 0 Å². The normalized spacial score (nSPS) is 40.1. The summed E-state index contributed by atoms with van der Waals surface area (Å²) in [4.78, 5) is 14.2. The molecule has 0 saturated carbocycles. The fourth-order valence-corrected chi connectivity index (χ4v) is 2.71. The van der Waals surface area contributed by atoms with Gasteiger partial charge in [-0.25, -0.2) is 0 Å². The van der Waals surface area contributed by atoms with E-state index in [0.29, 0.717) is 5.92 Å². The molecule has 92 valence electrons. The lowest BCUT2D eigenvalue weighted by atomic mass is 9.96. The van der Waals surface area contributed by atoms with Crippen LogP contribution in [0.1, 0.15) is 33.1 Å². The zero-order chi connectivity index (χ0) is 11.7. The highest BCUT2D eigenvalue weighted by Gasteiger charge is 2.37. The summed E-state index contributed by atoms with van der Waals surface area (Å²) in [6, 6.07) is 0.508. The number of nitrogens with zero attached hydrogens (tertiary/aromatic N) is 1. The van der Waals surface area contributed by atoms with E-state index >= 15 is 0 Å². The fraction of sp³-hybridized carbons (Fsp3) is 0.917. The van der Waals surface area contributed by atoms with Crippen molar-refractivity contribution in [1.82, 2.24) is 4.90 Å². The summed E-state index contributed by atoms with van der Waals surface area (Å²) in [6.45, 7) is 5.68. The first-order valence-electron chi connectivity index (χ1n) is 6.27. The molecule has 0 aromatic heterocycles. The first-order valence-corrected chi connectivity index (χ1v) is 6.27. The van der Waals surface area contributed by atoms with Crippen LogP contribution in [0.4, 0.5) is 0 Å². The van der Waals surface area contributed by atoms with Gasteiger partial charge in [0.2, 0.25) is 0 Å². The van der Waals surface area contributed by atoms with Crippen molar-refractivity contribution in [2.24, 2.45) is 11.7 Å². The van der Waals surface area contributed by atoms with Crippen LogP contribution in [-0.4, -0.2) is 42.1 Å². The van der Waals surface area contributed by atoms with Crippen LogP contribution in [-0.2, 0) is 9.53 Å². The maximum atomic E-state index is 12.3. The summed E-state index contributed by atoms with van der Waals surface area (Å²) in [5.41, 5.74) is 5.90. The van der Waals surface area contributed by atoms with Crippen molar-refractivity contribution >= 4 is 5.91 Å². The Balaban J connectivity index is 1.98. The van der Waals surface area contributed by atoms with Crippen LogP contribution in [0.15, 0.2) is 0 Å². The molecule has 0 aliphatic carbocycles. The summed E-state index contributed by atoms with van der Waals surface area (Å²) in [6.07, 6.45) is 2.61. The van der Waals surface area contributed by atoms with Gasteiger partial charge in [0.15, 0.2) is 0 Å². The highest BCUT2D eigenvalue weighted by Crippen LogP contribution is 2.25. The number of piperidine rings is 1. The van der Waals surface area contributed by atoms with Crippen molar-refractivity contribution in [3.63, 3.8) is 0 Å². The van der Waals surface area contributed by atoms with Crippen LogP contribution < -0.4 is 5.73 Å². The number of hydrogen-bond donors (Lipinski definition) is 1. The van der Waals surface area contributed by atoms with E-state index in [1.165, 1.54) is 0 Å². The molecule has 0 aromatic rings. The summed E-state index contributed by atoms with van der Waals surface area (Å²) < 4.78 is 5.53. The molecular formula is C12H22N2O2. The number of carbonyl (C=O) groups excluding carboxylic acids is 1. The number of carbonyl (C=O) groups is 1. The molecule has 2 heterocycles. The molecule has 2 aliphatic heterocycles. The van der Waals surface area contributed by atoms with Gasteiger partial charge >= 0.3 is 0 Å². The van der Waals surface area contributed by atoms with Gasteiger partial charge in [0, 0.05) is 25.2 Å². The largest absolute Gasteiger partial charge is 0.368 e. The Labute approximate surface area is 97.1 Å². The molecule has 16 heavy (non-hydrogen) atoms. The predicted molar refractivity (Wildman–Crippen MR) is 61.9 cm³/mol. The maximum Gasteiger partial charge on any atom is 0.252 e. The Morgan fingerprint density at radius 1 is 1.38 bits per heavy atom. The Hall–Kier alpha value is -0.610. The Morgan fingerprint density at radius 2 is 2.12 bits per heavy atom. The zero-order valence-electron chi connectivity index (χ0n) is 10.2. The first kappa shape index (κ1) is 11.9. The third-order valence-corrected chi connectivity index (χ3v) is 3.83. The molecule has 4 unspecified atom stereocenters. The average molecular weight is 226 g/mol. The predicted octanol–water partition coefficient (Wildman–Crippen LogP) is 0.750. The number of likely N-dealkylation sites (tertiary alicyclic amines) is 1. The molecule has 4 nitrogen and oxygen atoms in total. The SMILES string of the molecule is CC1CCOC1C(=O)N1CCC(N)CC1C. The van der Waals surface area contributed by atoms with E-state index in [9.17, 15) is 4.79 Å². The lowest BCUT2D eigenvalue weighted by Gasteiger charge is -2.38. The van der Waals surface area contributed by atoms with Crippen molar-refractivity contribution in [3.05, 3.63) is 0 Å². The van der Waals surface area contributed by atoms with Crippen LogP contribution in [0.25, 0.3) is 0 Å². The number of nitrogens with two attached hydrogens (primary N) is 1. The Bertz CT molecular complexity index is 270. The maximum absolute atomic E-state index is 12.3. The molecule has 2 fully saturated rings. The number of ether oxygens (including phenoxy) is 1. The standard InChI is InChI=1S/C12H22N2O2/c1-8-4-6-16-11(8)12(15)14-5-3-10(13)7-9(14)2/h8-11H,3-7,13H2,1-2H3. The Kier molecular flexibility index (Phi) is 3.50. The second-order valence-corrected chi connectivity index (χ2v) is 5.22. The van der Waals surface area contributed by atoms with Crippen LogP contribution in [0, 0.1) is 5.92 Å². The molecule has 0 radical (unpaired) electrons. The first-order chi connectivity index (χ1) is 7.59. The number of rotatable bonds is 1. The van der Waals surface area contributed by atoms with Crippen molar-refractivity contribution in [1.29, 1.82) is 0 Å². The number of amides is 1. The van der Waals surface area contributed by atoms with Gasteiger partial charge in [-0.05, 0) is 32.1 Å². The van der Waals surface area contributed by atoms with E-state index in [1.54, 1.807) is 0 Å². The van der Waals surface area contributed by atoms with E-state index in [1.807, 2.05) is 4.90 Å². The van der Waals surface area contributed by atoms with Gasteiger partial charge < -0.3 is 15.4 Å². The molecule has 2 N–H and O–H groups in total. The lowest BCUT2D eigenvalue weighted by molar-refractivity contribution is -0.146. The average Bonchev–Trinajstić information content (AvgIpc) is 2.63. The summed E-state index contributed by atoms with van der Waals surface area (Å²) in [5.74, 6) is 0.528. The summed E-state index contributed by atoms with van der Waals surface area (Å²) in [5, 5.41) is 0. The Morgan fingerprint density at radius 3 is 2.69 bits per heavy atom. The van der Waals surface area contributed by atoms with Gasteiger partial charge in [-0.1, -0.05) is 6.92 Å². The quantitative estimate of drug-likeness (QED) is 0.718. The van der Waals surface area contributed by atoms with Gasteiger partial charge in [-0.3, -0.25) is 4.79 Å². The van der Waals surface area contributed by atoms with Crippen LogP contribution in [0.3, 0.4) is 0 Å². The van der Waals surface area contributed by atoms with E-state index in [4.69, 9.17) is 10.5 Å². The summed E-state index contributed by atoms with van der Waals surface area (Å²) >= 11 is 0. The van der Waals surface area contributed by atoms with E-state index < -0.39 is 0 Å². The molecule has 1 amide bonds. The monoisotopic (exact) mass is 226 g/mol. The fourth-order valence-electron chi connectivity index (χ4n) is 2.71. The summed E-state index contributed by atoms with van der Waals surface area (Å²) in [7, 11) is 0. The molecular weight excluding hydrogens is 204 g/mol. The minimum atomic E-state index is -0.211. The third kappa shape index (κ3) is 2.23. The van der Waals surface area contributed by atoms with Gasteiger partial charge in [0.1, 0.15) is 6.10 Å². The smallest absolute Gasteiger partial charge is 0.252 e. The molecule has 4 heteroatoms. The third-order valence-electron chi connectivity index (χ3n) is 3.83. The minimum absolute atomic E-state index is 0.171. The van der Waals surface area contributed by atoms with Crippen molar-refractivity contribution in [2.45, 2.75) is 51.3 Å². The molecule has 0 spiro atoms. The van der Waals surface area contributed by atoms with Gasteiger partial charge in [-0.2, -0.15) is 0 Å². The minimum Gasteiger partial charge on any atom is -0.368 e. The number of hydrogen-bond acceptors (Lipinski definition) is 3. The van der Waals surface area contributed by atoms with E-state index in [-0.39, 0.29) is 24.1 Å².